The summed E-state index contributed by atoms with van der Waals surface area (Å²) < 4.78 is 4.64. The van der Waals surface area contributed by atoms with Gasteiger partial charge in [0, 0.05) is 43.3 Å². The number of hydrogen-bond donors (Lipinski definition) is 0. The van der Waals surface area contributed by atoms with Crippen molar-refractivity contribution in [1.82, 2.24) is 8.97 Å². The fourth-order valence-corrected chi connectivity index (χ4v) is 9.64. The van der Waals surface area contributed by atoms with Gasteiger partial charge in [-0.25, -0.2) is 4.99 Å². The van der Waals surface area contributed by atoms with E-state index in [1.54, 1.807) is 0 Å². The van der Waals surface area contributed by atoms with Gasteiger partial charge in [-0.15, -0.1) is 0 Å². The van der Waals surface area contributed by atoms with Crippen LogP contribution in [0.2, 0.25) is 0 Å². The van der Waals surface area contributed by atoms with Gasteiger partial charge < -0.3 is 4.40 Å². The van der Waals surface area contributed by atoms with Crippen LogP contribution < -0.4 is 0 Å². The molecule has 5 heteroatoms. The summed E-state index contributed by atoms with van der Waals surface area (Å²) in [6.45, 7) is 8.64. The van der Waals surface area contributed by atoms with Crippen LogP contribution in [-0.2, 0) is 6.42 Å². The molecule has 59 heavy (non-hydrogen) atoms. The molecule has 0 fully saturated rings. The molecular formula is C54H41N5. The van der Waals surface area contributed by atoms with Gasteiger partial charge in [-0.1, -0.05) is 153 Å². The molecule has 0 spiro atoms. The molecule has 1 aliphatic carbocycles. The maximum atomic E-state index is 5.39. The molecule has 0 saturated heterocycles. The predicted molar refractivity (Wildman–Crippen MR) is 253 cm³/mol. The lowest BCUT2D eigenvalue weighted by molar-refractivity contribution is 0.967. The zero-order valence-electron chi connectivity index (χ0n) is 33.2. The van der Waals surface area contributed by atoms with Crippen molar-refractivity contribution in [2.24, 2.45) is 15.0 Å². The van der Waals surface area contributed by atoms with Crippen molar-refractivity contribution >= 4 is 106 Å². The van der Waals surface area contributed by atoms with Crippen LogP contribution in [0, 0.1) is 0 Å². The lowest BCUT2D eigenvalue weighted by Gasteiger charge is -2.17. The summed E-state index contributed by atoms with van der Waals surface area (Å²) in [7, 11) is 0. The van der Waals surface area contributed by atoms with E-state index in [1.807, 2.05) is 13.8 Å². The van der Waals surface area contributed by atoms with Crippen LogP contribution in [0.5, 0.6) is 0 Å². The SMILES string of the molecule is C=NC(=NC(=NCC1=CCCc2ccccc21)c1cccc2ccccc12)n1c2ccccc2c2cc3c(ccc4c5cccc6c7ccccc7n(c34)c65)cc21.CC. The molecule has 282 valence electrons. The molecule has 12 rings (SSSR count). The third-order valence-corrected chi connectivity index (χ3v) is 12.1. The van der Waals surface area contributed by atoms with Crippen LogP contribution in [0.25, 0.3) is 87.0 Å². The maximum absolute atomic E-state index is 5.39. The van der Waals surface area contributed by atoms with E-state index in [0.29, 0.717) is 18.3 Å². The third-order valence-electron chi connectivity index (χ3n) is 12.1. The first-order valence-corrected chi connectivity index (χ1v) is 20.6. The highest BCUT2D eigenvalue weighted by molar-refractivity contribution is 6.29. The Hall–Kier alpha value is -7.37. The lowest BCUT2D eigenvalue weighted by Crippen LogP contribution is -2.13. The summed E-state index contributed by atoms with van der Waals surface area (Å²) in [6.07, 6.45) is 4.38. The highest BCUT2D eigenvalue weighted by Gasteiger charge is 2.22. The monoisotopic (exact) mass is 759 g/mol. The van der Waals surface area contributed by atoms with E-state index in [9.17, 15) is 0 Å². The van der Waals surface area contributed by atoms with E-state index in [0.717, 1.165) is 56.4 Å². The summed E-state index contributed by atoms with van der Waals surface area (Å²) in [5.41, 5.74) is 10.6. The van der Waals surface area contributed by atoms with Gasteiger partial charge in [-0.05, 0) is 76.7 Å². The van der Waals surface area contributed by atoms with E-state index in [4.69, 9.17) is 9.98 Å². The van der Waals surface area contributed by atoms with E-state index >= 15 is 0 Å². The van der Waals surface area contributed by atoms with Crippen LogP contribution in [0.4, 0.5) is 0 Å². The van der Waals surface area contributed by atoms with Crippen LogP contribution in [-0.4, -0.2) is 34.0 Å². The first-order chi connectivity index (χ1) is 29.2. The zero-order valence-corrected chi connectivity index (χ0v) is 33.2. The largest absolute Gasteiger partial charge is 0.307 e. The normalized spacial score (nSPS) is 13.6. The molecule has 8 aromatic carbocycles. The number of rotatable bonds is 3. The molecule has 0 unspecified atom stereocenters. The number of aryl methyl sites for hydroxylation is 1. The molecular weight excluding hydrogens is 719 g/mol. The molecule has 3 aromatic heterocycles. The molecule has 1 aliphatic rings. The minimum absolute atomic E-state index is 0.483. The van der Waals surface area contributed by atoms with E-state index < -0.39 is 0 Å². The molecule has 0 amide bonds. The Balaban J connectivity index is 0.00000196. The van der Waals surface area contributed by atoms with E-state index in [-0.39, 0.29) is 0 Å². The topological polar surface area (TPSA) is 46.4 Å². The van der Waals surface area contributed by atoms with Gasteiger partial charge in [0.15, 0.2) is 5.84 Å². The molecule has 0 bridgehead atoms. The van der Waals surface area contributed by atoms with Crippen LogP contribution in [0.1, 0.15) is 37.0 Å². The average Bonchev–Trinajstić information content (AvgIpc) is 3.94. The Morgan fingerprint density at radius 2 is 1.20 bits per heavy atom. The van der Waals surface area contributed by atoms with Crippen molar-refractivity contribution in [1.29, 1.82) is 0 Å². The fraction of sp³-hybridized carbons (Fsp3) is 0.0926. The van der Waals surface area contributed by atoms with Gasteiger partial charge in [0.2, 0.25) is 5.96 Å². The number of amidine groups is 1. The molecule has 0 radical (unpaired) electrons. The number of hydrogen-bond acceptors (Lipinski definition) is 1. The van der Waals surface area contributed by atoms with Crippen LogP contribution >= 0.6 is 0 Å². The summed E-state index contributed by atoms with van der Waals surface area (Å²) in [5, 5.41) is 12.0. The summed E-state index contributed by atoms with van der Waals surface area (Å²) in [6, 6.07) is 56.7. The third kappa shape index (κ3) is 5.28. The van der Waals surface area contributed by atoms with Crippen molar-refractivity contribution in [3.05, 3.63) is 180 Å². The number of benzene rings is 8. The molecule has 3 heterocycles. The molecule has 0 atom stereocenters. The molecule has 0 aliphatic heterocycles. The van der Waals surface area contributed by atoms with Crippen molar-refractivity contribution in [3.63, 3.8) is 0 Å². The van der Waals surface area contributed by atoms with Crippen LogP contribution in [0.15, 0.2) is 179 Å². The number of para-hydroxylation sites is 3. The Morgan fingerprint density at radius 1 is 0.559 bits per heavy atom. The van der Waals surface area contributed by atoms with Gasteiger partial charge in [0.05, 0.1) is 34.1 Å². The van der Waals surface area contributed by atoms with Crippen molar-refractivity contribution < 1.29 is 0 Å². The number of aliphatic imine (C=N–C) groups is 3. The van der Waals surface area contributed by atoms with Gasteiger partial charge in [0.1, 0.15) is 0 Å². The standard InChI is InChI=1S/C52H35N5.C2H6/c1-53-52(55-51(43-24-11-16-33-14-3-5-19-37(33)43)54-31-35-17-10-15-32-13-2-4-18-36(32)35)56-46-25-8-7-21-39(46)45-30-44-34(29-48(45)56)27-28-42-41-23-12-22-40-38-20-6-9-26-47(38)57(49(40)41)50(42)44;1-2/h2-9,11-14,16-30H,1,10,15,31H2;1-2H3. The quantitative estimate of drug-likeness (QED) is 0.127. The van der Waals surface area contributed by atoms with Crippen molar-refractivity contribution in [2.75, 3.05) is 6.54 Å². The van der Waals surface area contributed by atoms with Crippen molar-refractivity contribution in [2.45, 2.75) is 26.7 Å². The maximum Gasteiger partial charge on any atom is 0.236 e. The molecule has 0 N–H and O–H groups in total. The van der Waals surface area contributed by atoms with Crippen molar-refractivity contribution in [3.8, 4) is 0 Å². The number of nitrogens with zero attached hydrogens (tertiary/aromatic N) is 5. The second kappa shape index (κ2) is 13.9. The summed E-state index contributed by atoms with van der Waals surface area (Å²) >= 11 is 0. The van der Waals surface area contributed by atoms with Gasteiger partial charge in [-0.3, -0.25) is 9.56 Å². The Labute approximate surface area is 341 Å². The van der Waals surface area contributed by atoms with Gasteiger partial charge in [0.25, 0.3) is 0 Å². The number of allylic oxidation sites excluding steroid dienone is 1. The molecule has 11 aromatic rings. The van der Waals surface area contributed by atoms with Crippen LogP contribution in [0.3, 0.4) is 0 Å². The molecule has 0 saturated carbocycles. The zero-order chi connectivity index (χ0) is 39.6. The Kier molecular flexibility index (Phi) is 8.22. The second-order valence-electron chi connectivity index (χ2n) is 15.1. The van der Waals surface area contributed by atoms with Gasteiger partial charge in [-0.2, -0.15) is 4.99 Å². The minimum atomic E-state index is 0.483. The fourth-order valence-electron chi connectivity index (χ4n) is 9.64. The Morgan fingerprint density at radius 3 is 2.05 bits per heavy atom. The Bertz CT molecular complexity index is 3570. The van der Waals surface area contributed by atoms with E-state index in [1.165, 1.54) is 60.2 Å². The lowest BCUT2D eigenvalue weighted by atomic mass is 9.91. The highest BCUT2D eigenvalue weighted by atomic mass is 15.2. The highest BCUT2D eigenvalue weighted by Crippen LogP contribution is 2.43. The summed E-state index contributed by atoms with van der Waals surface area (Å²) in [4.78, 5) is 15.4. The summed E-state index contributed by atoms with van der Waals surface area (Å²) in [5.74, 6) is 1.11. The van der Waals surface area contributed by atoms with Gasteiger partial charge >= 0.3 is 0 Å². The van der Waals surface area contributed by atoms with E-state index in [2.05, 4.69) is 184 Å². The number of aromatic nitrogens is 2. The smallest absolute Gasteiger partial charge is 0.236 e. The molecule has 5 nitrogen and oxygen atoms in total. The average molecular weight is 760 g/mol. The number of fused-ring (bicyclic) bond motifs is 13. The minimum Gasteiger partial charge on any atom is -0.307 e. The second-order valence-corrected chi connectivity index (χ2v) is 15.1. The predicted octanol–water partition coefficient (Wildman–Crippen LogP) is 13.7. The first-order valence-electron chi connectivity index (χ1n) is 20.6. The first kappa shape index (κ1) is 34.8.